The van der Waals surface area contributed by atoms with Crippen molar-refractivity contribution in [2.24, 2.45) is 5.73 Å². The van der Waals surface area contributed by atoms with E-state index in [4.69, 9.17) is 5.73 Å². The smallest absolute Gasteiger partial charge is 0.253 e. The summed E-state index contributed by atoms with van der Waals surface area (Å²) >= 11 is 0. The van der Waals surface area contributed by atoms with E-state index in [1.54, 1.807) is 6.92 Å². The van der Waals surface area contributed by atoms with Crippen molar-refractivity contribution in [1.29, 1.82) is 0 Å². The lowest BCUT2D eigenvalue weighted by molar-refractivity contribution is -0.114. The number of nitrogens with two attached hydrogens (primary N) is 1. The molecule has 0 aliphatic heterocycles. The predicted octanol–water partition coefficient (Wildman–Crippen LogP) is 0.515. The number of benzene rings is 1. The number of hydrogen-bond acceptors (Lipinski definition) is 5. The fraction of sp³-hybridized carbons (Fsp3) is 0.385. The van der Waals surface area contributed by atoms with Gasteiger partial charge in [-0.05, 0) is 25.1 Å². The minimum absolute atomic E-state index is 0. The number of carbonyl (C=O) groups is 2. The molecule has 0 aliphatic carbocycles. The molecule has 2 amide bonds. The van der Waals surface area contributed by atoms with Gasteiger partial charge >= 0.3 is 0 Å². The first kappa shape index (κ1) is 21.2. The normalized spacial score (nSPS) is 11.8. The van der Waals surface area contributed by atoms with Crippen molar-refractivity contribution in [3.63, 3.8) is 0 Å². The second-order valence-electron chi connectivity index (χ2n) is 4.93. The van der Waals surface area contributed by atoms with Gasteiger partial charge in [0.2, 0.25) is 15.9 Å². The van der Waals surface area contributed by atoms with Crippen molar-refractivity contribution in [1.82, 2.24) is 5.32 Å². The molecule has 23 heavy (non-hydrogen) atoms. The summed E-state index contributed by atoms with van der Waals surface area (Å²) in [6, 6.07) is 4.03. The molecule has 0 aromatic heterocycles. The number of nitrogens with one attached hydrogen (secondary N) is 3. The van der Waals surface area contributed by atoms with E-state index < -0.39 is 15.9 Å². The summed E-state index contributed by atoms with van der Waals surface area (Å²) < 4.78 is 25.0. The summed E-state index contributed by atoms with van der Waals surface area (Å²) in [6.07, 6.45) is 0.985. The monoisotopic (exact) mass is 364 g/mol. The van der Waals surface area contributed by atoms with Crippen LogP contribution in [-0.2, 0) is 14.8 Å². The Labute approximate surface area is 141 Å². The second kappa shape index (κ2) is 8.70. The molecule has 130 valence electrons. The third-order valence-electron chi connectivity index (χ3n) is 2.61. The van der Waals surface area contributed by atoms with Gasteiger partial charge in [-0.3, -0.25) is 14.3 Å². The molecule has 1 aromatic rings. The lowest BCUT2D eigenvalue weighted by Gasteiger charge is -2.15. The van der Waals surface area contributed by atoms with Gasteiger partial charge in [-0.15, -0.1) is 12.4 Å². The van der Waals surface area contributed by atoms with Crippen LogP contribution in [-0.4, -0.2) is 39.1 Å². The average Bonchev–Trinajstić information content (AvgIpc) is 2.38. The Hall–Kier alpha value is -1.84. The Balaban J connectivity index is 0.00000484. The molecule has 1 aromatic carbocycles. The molecular weight excluding hydrogens is 344 g/mol. The molecule has 0 unspecified atom stereocenters. The predicted molar refractivity (Wildman–Crippen MR) is 92.4 cm³/mol. The molecule has 0 bridgehead atoms. The number of halogens is 1. The van der Waals surface area contributed by atoms with Crippen molar-refractivity contribution in [3.05, 3.63) is 23.8 Å². The van der Waals surface area contributed by atoms with Crippen LogP contribution in [0.5, 0.6) is 0 Å². The van der Waals surface area contributed by atoms with Gasteiger partial charge in [0, 0.05) is 25.2 Å². The highest BCUT2D eigenvalue weighted by molar-refractivity contribution is 7.92. The Morgan fingerprint density at radius 2 is 1.91 bits per heavy atom. The molecule has 0 aliphatic rings. The third kappa shape index (κ3) is 7.31. The Morgan fingerprint density at radius 1 is 1.30 bits per heavy atom. The summed E-state index contributed by atoms with van der Waals surface area (Å²) in [4.78, 5) is 23.3. The SMILES string of the molecule is CC(=O)Nc1ccc(NS(C)(=O)=O)c(C(=O)N[C@@H](C)CN)c1.Cl. The lowest BCUT2D eigenvalue weighted by Crippen LogP contribution is -2.38. The first-order chi connectivity index (χ1) is 10.1. The number of carbonyl (C=O) groups excluding carboxylic acids is 2. The highest BCUT2D eigenvalue weighted by atomic mass is 35.5. The molecule has 0 fully saturated rings. The summed E-state index contributed by atoms with van der Waals surface area (Å²) in [7, 11) is -3.55. The number of hydrogen-bond donors (Lipinski definition) is 4. The Bertz CT molecular complexity index is 679. The van der Waals surface area contributed by atoms with Crippen LogP contribution in [0.15, 0.2) is 18.2 Å². The van der Waals surface area contributed by atoms with Crippen LogP contribution in [0.4, 0.5) is 11.4 Å². The van der Waals surface area contributed by atoms with Crippen molar-refractivity contribution < 1.29 is 18.0 Å². The van der Waals surface area contributed by atoms with E-state index in [1.165, 1.54) is 25.1 Å². The molecule has 0 saturated carbocycles. The van der Waals surface area contributed by atoms with E-state index in [-0.39, 0.29) is 42.2 Å². The maximum Gasteiger partial charge on any atom is 0.253 e. The van der Waals surface area contributed by atoms with E-state index in [1.807, 2.05) is 0 Å². The number of amides is 2. The summed E-state index contributed by atoms with van der Waals surface area (Å²) in [5.74, 6) is -0.790. The molecule has 0 spiro atoms. The van der Waals surface area contributed by atoms with Gasteiger partial charge < -0.3 is 16.4 Å². The highest BCUT2D eigenvalue weighted by Gasteiger charge is 2.16. The van der Waals surface area contributed by atoms with E-state index >= 15 is 0 Å². The molecule has 8 nitrogen and oxygen atoms in total. The Kier molecular flexibility index (Phi) is 8.01. The van der Waals surface area contributed by atoms with Crippen LogP contribution in [0, 0.1) is 0 Å². The minimum atomic E-state index is -3.55. The molecule has 5 N–H and O–H groups in total. The average molecular weight is 365 g/mol. The van der Waals surface area contributed by atoms with E-state index in [9.17, 15) is 18.0 Å². The van der Waals surface area contributed by atoms with Gasteiger partial charge in [0.1, 0.15) is 0 Å². The molecule has 0 saturated heterocycles. The summed E-state index contributed by atoms with van der Waals surface area (Å²) in [6.45, 7) is 3.30. The standard InChI is InChI=1S/C13H20N4O4S.ClH/c1-8(7-14)15-13(19)11-6-10(16-9(2)18)4-5-12(11)17-22(3,20)21;/h4-6,8,17H,7,14H2,1-3H3,(H,15,19)(H,16,18);1H/t8-;/m0./s1. The summed E-state index contributed by atoms with van der Waals surface area (Å²) in [5.41, 5.74) is 6.05. The van der Waals surface area contributed by atoms with Gasteiger partial charge in [0.25, 0.3) is 5.91 Å². The fourth-order valence-corrected chi connectivity index (χ4v) is 2.24. The topological polar surface area (TPSA) is 130 Å². The van der Waals surface area contributed by atoms with E-state index in [0.29, 0.717) is 5.69 Å². The van der Waals surface area contributed by atoms with Gasteiger partial charge in [0.15, 0.2) is 0 Å². The zero-order chi connectivity index (χ0) is 16.9. The van der Waals surface area contributed by atoms with Crippen LogP contribution in [0.1, 0.15) is 24.2 Å². The van der Waals surface area contributed by atoms with Crippen LogP contribution in [0.25, 0.3) is 0 Å². The zero-order valence-corrected chi connectivity index (χ0v) is 14.7. The van der Waals surface area contributed by atoms with Crippen molar-refractivity contribution >= 4 is 45.6 Å². The van der Waals surface area contributed by atoms with Crippen LogP contribution in [0.3, 0.4) is 0 Å². The number of rotatable bonds is 6. The van der Waals surface area contributed by atoms with Gasteiger partial charge in [0.05, 0.1) is 17.5 Å². The molecule has 0 heterocycles. The van der Waals surface area contributed by atoms with E-state index in [2.05, 4.69) is 15.4 Å². The largest absolute Gasteiger partial charge is 0.348 e. The first-order valence-corrected chi connectivity index (χ1v) is 8.42. The second-order valence-corrected chi connectivity index (χ2v) is 6.67. The zero-order valence-electron chi connectivity index (χ0n) is 13.0. The van der Waals surface area contributed by atoms with Gasteiger partial charge in [-0.25, -0.2) is 8.42 Å². The Morgan fingerprint density at radius 3 is 2.39 bits per heavy atom. The van der Waals surface area contributed by atoms with Crippen LogP contribution < -0.4 is 21.1 Å². The third-order valence-corrected chi connectivity index (χ3v) is 3.20. The van der Waals surface area contributed by atoms with E-state index in [0.717, 1.165) is 6.26 Å². The van der Waals surface area contributed by atoms with Crippen LogP contribution >= 0.6 is 12.4 Å². The maximum atomic E-state index is 12.2. The molecule has 0 radical (unpaired) electrons. The minimum Gasteiger partial charge on any atom is -0.348 e. The molecule has 10 heteroatoms. The quantitative estimate of drug-likeness (QED) is 0.584. The maximum absolute atomic E-state index is 12.2. The van der Waals surface area contributed by atoms with Crippen molar-refractivity contribution in [3.8, 4) is 0 Å². The van der Waals surface area contributed by atoms with Crippen LogP contribution in [0.2, 0.25) is 0 Å². The van der Waals surface area contributed by atoms with Gasteiger partial charge in [-0.1, -0.05) is 0 Å². The van der Waals surface area contributed by atoms with Gasteiger partial charge in [-0.2, -0.15) is 0 Å². The van der Waals surface area contributed by atoms with Crippen molar-refractivity contribution in [2.45, 2.75) is 19.9 Å². The number of sulfonamides is 1. The lowest BCUT2D eigenvalue weighted by atomic mass is 10.1. The molecule has 1 atom stereocenters. The number of anilines is 2. The first-order valence-electron chi connectivity index (χ1n) is 6.52. The molecular formula is C13H21ClN4O4S. The molecule has 1 rings (SSSR count). The highest BCUT2D eigenvalue weighted by Crippen LogP contribution is 2.22. The fourth-order valence-electron chi connectivity index (χ4n) is 1.66. The summed E-state index contributed by atoms with van der Waals surface area (Å²) in [5, 5.41) is 5.18. The van der Waals surface area contributed by atoms with Crippen molar-refractivity contribution in [2.75, 3.05) is 22.8 Å².